The molecule has 0 aromatic carbocycles. The van der Waals surface area contributed by atoms with Gasteiger partial charge in [-0.05, 0) is 13.5 Å². The number of methoxy groups -OCH3 is 1. The summed E-state index contributed by atoms with van der Waals surface area (Å²) in [6.45, 7) is 7.53. The maximum atomic E-state index is 11.5. The van der Waals surface area contributed by atoms with Crippen molar-refractivity contribution in [3.63, 3.8) is 0 Å². The molecule has 1 aromatic heterocycles. The number of carbonyl (C=O) groups is 1. The number of hydrogen-bond acceptors (Lipinski definition) is 6. The fourth-order valence-corrected chi connectivity index (χ4v) is 2.93. The first-order valence-corrected chi connectivity index (χ1v) is 6.87. The second kappa shape index (κ2) is 5.77. The molecule has 0 amide bonds. The monoisotopic (exact) mass is 270 g/mol. The Bertz CT molecular complexity index is 433. The van der Waals surface area contributed by atoms with E-state index in [0.29, 0.717) is 12.3 Å². The molecule has 0 saturated carbocycles. The highest BCUT2D eigenvalue weighted by Crippen LogP contribution is 2.28. The molecule has 1 unspecified atom stereocenters. The SMILES string of the molecule is CCN1CCOC(c2nc(C(=O)OC)c(C)s2)C1. The first-order valence-electron chi connectivity index (χ1n) is 6.05. The number of hydrogen-bond donors (Lipinski definition) is 0. The molecule has 2 heterocycles. The Morgan fingerprint density at radius 2 is 2.44 bits per heavy atom. The van der Waals surface area contributed by atoms with E-state index in [2.05, 4.69) is 16.8 Å². The average molecular weight is 270 g/mol. The van der Waals surface area contributed by atoms with E-state index in [1.807, 2.05) is 6.92 Å². The van der Waals surface area contributed by atoms with Gasteiger partial charge in [-0.3, -0.25) is 4.90 Å². The van der Waals surface area contributed by atoms with E-state index in [1.54, 1.807) is 0 Å². The lowest BCUT2D eigenvalue weighted by Crippen LogP contribution is -2.38. The van der Waals surface area contributed by atoms with Crippen LogP contribution < -0.4 is 0 Å². The highest BCUT2D eigenvalue weighted by atomic mass is 32.1. The molecule has 2 rings (SSSR count). The lowest BCUT2D eigenvalue weighted by Gasteiger charge is -2.30. The maximum Gasteiger partial charge on any atom is 0.357 e. The summed E-state index contributed by atoms with van der Waals surface area (Å²) >= 11 is 1.51. The van der Waals surface area contributed by atoms with Gasteiger partial charge in [0.2, 0.25) is 0 Å². The summed E-state index contributed by atoms with van der Waals surface area (Å²) in [6.07, 6.45) is -0.0270. The number of likely N-dealkylation sites (N-methyl/N-ethyl adjacent to an activating group) is 1. The van der Waals surface area contributed by atoms with Crippen LogP contribution in [0.2, 0.25) is 0 Å². The predicted molar refractivity (Wildman–Crippen MR) is 69.0 cm³/mol. The molecule has 0 spiro atoms. The van der Waals surface area contributed by atoms with Gasteiger partial charge >= 0.3 is 5.97 Å². The maximum absolute atomic E-state index is 11.5. The molecule has 1 saturated heterocycles. The van der Waals surface area contributed by atoms with Crippen molar-refractivity contribution in [1.82, 2.24) is 9.88 Å². The molecule has 6 heteroatoms. The van der Waals surface area contributed by atoms with Crippen LogP contribution in [0.25, 0.3) is 0 Å². The topological polar surface area (TPSA) is 51.7 Å². The molecule has 100 valence electrons. The molecular weight excluding hydrogens is 252 g/mol. The lowest BCUT2D eigenvalue weighted by molar-refractivity contribution is -0.0283. The zero-order chi connectivity index (χ0) is 13.1. The van der Waals surface area contributed by atoms with Gasteiger partial charge in [-0.25, -0.2) is 9.78 Å². The van der Waals surface area contributed by atoms with E-state index in [9.17, 15) is 4.79 Å². The van der Waals surface area contributed by atoms with Crippen molar-refractivity contribution in [3.05, 3.63) is 15.6 Å². The molecular formula is C12H18N2O3S. The smallest absolute Gasteiger partial charge is 0.357 e. The molecule has 1 aliphatic heterocycles. The van der Waals surface area contributed by atoms with Gasteiger partial charge in [0.05, 0.1) is 13.7 Å². The number of aryl methyl sites for hydroxylation is 1. The van der Waals surface area contributed by atoms with Gasteiger partial charge in [-0.2, -0.15) is 0 Å². The molecule has 0 aliphatic carbocycles. The normalized spacial score (nSPS) is 20.9. The Morgan fingerprint density at radius 1 is 1.67 bits per heavy atom. The quantitative estimate of drug-likeness (QED) is 0.781. The zero-order valence-corrected chi connectivity index (χ0v) is 11.7. The van der Waals surface area contributed by atoms with Crippen molar-refractivity contribution in [3.8, 4) is 0 Å². The average Bonchev–Trinajstić information content (AvgIpc) is 2.80. The van der Waals surface area contributed by atoms with Crippen molar-refractivity contribution in [2.75, 3.05) is 33.4 Å². The number of ether oxygens (including phenoxy) is 2. The van der Waals surface area contributed by atoms with E-state index < -0.39 is 0 Å². The van der Waals surface area contributed by atoms with Crippen molar-refractivity contribution < 1.29 is 14.3 Å². The number of esters is 1. The third-order valence-electron chi connectivity index (χ3n) is 3.07. The second-order valence-corrected chi connectivity index (χ2v) is 5.44. The van der Waals surface area contributed by atoms with Gasteiger partial charge in [0.15, 0.2) is 5.69 Å². The molecule has 1 aliphatic rings. The van der Waals surface area contributed by atoms with Gasteiger partial charge in [-0.15, -0.1) is 11.3 Å². The van der Waals surface area contributed by atoms with E-state index >= 15 is 0 Å². The van der Waals surface area contributed by atoms with Crippen molar-refractivity contribution in [2.24, 2.45) is 0 Å². The summed E-state index contributed by atoms with van der Waals surface area (Å²) in [6, 6.07) is 0. The molecule has 0 N–H and O–H groups in total. The zero-order valence-electron chi connectivity index (χ0n) is 10.9. The van der Waals surface area contributed by atoms with Gasteiger partial charge in [0.1, 0.15) is 11.1 Å². The minimum absolute atomic E-state index is 0.0270. The summed E-state index contributed by atoms with van der Waals surface area (Å²) in [4.78, 5) is 19.1. The highest BCUT2D eigenvalue weighted by molar-refractivity contribution is 7.11. The highest BCUT2D eigenvalue weighted by Gasteiger charge is 2.26. The Labute approximate surface area is 111 Å². The summed E-state index contributed by atoms with van der Waals surface area (Å²) in [5, 5.41) is 0.867. The number of morpholine rings is 1. The fourth-order valence-electron chi connectivity index (χ4n) is 1.98. The Hall–Kier alpha value is -0.980. The van der Waals surface area contributed by atoms with Crippen LogP contribution in [0.3, 0.4) is 0 Å². The molecule has 18 heavy (non-hydrogen) atoms. The minimum Gasteiger partial charge on any atom is -0.464 e. The van der Waals surface area contributed by atoms with Gasteiger partial charge in [-0.1, -0.05) is 6.92 Å². The van der Waals surface area contributed by atoms with Crippen LogP contribution in [0.4, 0.5) is 0 Å². The van der Waals surface area contributed by atoms with Crippen LogP contribution in [0.15, 0.2) is 0 Å². The number of thiazole rings is 1. The van der Waals surface area contributed by atoms with Crippen LogP contribution in [0.1, 0.15) is 33.4 Å². The number of carbonyl (C=O) groups excluding carboxylic acids is 1. The Balaban J connectivity index is 2.16. The van der Waals surface area contributed by atoms with Crippen LogP contribution in [-0.4, -0.2) is 49.2 Å². The van der Waals surface area contributed by atoms with Crippen molar-refractivity contribution in [1.29, 1.82) is 0 Å². The Kier molecular flexibility index (Phi) is 4.31. The summed E-state index contributed by atoms with van der Waals surface area (Å²) < 4.78 is 10.4. The number of rotatable bonds is 3. The van der Waals surface area contributed by atoms with Gasteiger partial charge in [0.25, 0.3) is 0 Å². The van der Waals surface area contributed by atoms with Crippen LogP contribution in [0.5, 0.6) is 0 Å². The van der Waals surface area contributed by atoms with E-state index in [0.717, 1.165) is 29.5 Å². The van der Waals surface area contributed by atoms with E-state index in [4.69, 9.17) is 9.47 Å². The molecule has 0 bridgehead atoms. The standard InChI is InChI=1S/C12H18N2O3S/c1-4-14-5-6-17-9(7-14)11-13-10(8(2)18-11)12(15)16-3/h9H,4-7H2,1-3H3. The Morgan fingerprint density at radius 3 is 3.11 bits per heavy atom. The first-order chi connectivity index (χ1) is 8.65. The first kappa shape index (κ1) is 13.5. The van der Waals surface area contributed by atoms with Crippen LogP contribution in [-0.2, 0) is 9.47 Å². The van der Waals surface area contributed by atoms with Crippen LogP contribution >= 0.6 is 11.3 Å². The minimum atomic E-state index is -0.377. The molecule has 0 radical (unpaired) electrons. The largest absolute Gasteiger partial charge is 0.464 e. The van der Waals surface area contributed by atoms with E-state index in [1.165, 1.54) is 18.4 Å². The van der Waals surface area contributed by atoms with Crippen LogP contribution in [0, 0.1) is 6.92 Å². The summed E-state index contributed by atoms with van der Waals surface area (Å²) in [5.41, 5.74) is 0.412. The second-order valence-electron chi connectivity index (χ2n) is 4.20. The van der Waals surface area contributed by atoms with Gasteiger partial charge in [0, 0.05) is 18.0 Å². The molecule has 5 nitrogen and oxygen atoms in total. The van der Waals surface area contributed by atoms with Crippen molar-refractivity contribution >= 4 is 17.3 Å². The fraction of sp³-hybridized carbons (Fsp3) is 0.667. The van der Waals surface area contributed by atoms with Crippen molar-refractivity contribution in [2.45, 2.75) is 20.0 Å². The molecule has 1 atom stereocenters. The number of nitrogens with zero attached hydrogens (tertiary/aromatic N) is 2. The third-order valence-corrected chi connectivity index (χ3v) is 4.13. The van der Waals surface area contributed by atoms with E-state index in [-0.39, 0.29) is 12.1 Å². The molecule has 1 aromatic rings. The van der Waals surface area contributed by atoms with Gasteiger partial charge < -0.3 is 9.47 Å². The summed E-state index contributed by atoms with van der Waals surface area (Å²) in [7, 11) is 1.37. The molecule has 1 fully saturated rings. The summed E-state index contributed by atoms with van der Waals surface area (Å²) in [5.74, 6) is -0.377. The third kappa shape index (κ3) is 2.71. The predicted octanol–water partition coefficient (Wildman–Crippen LogP) is 1.63. The lowest BCUT2D eigenvalue weighted by atomic mass is 10.3. The number of aromatic nitrogens is 1.